The minimum absolute atomic E-state index is 0.129. The number of imidazole rings is 1. The largest absolute Gasteiger partial charge is 0.274 e. The lowest BCUT2D eigenvalue weighted by atomic mass is 10.1. The van der Waals surface area contributed by atoms with E-state index in [1.165, 1.54) is 6.92 Å². The van der Waals surface area contributed by atoms with Crippen LogP contribution in [-0.2, 0) is 4.79 Å². The normalized spacial score (nSPS) is 14.8. The molecule has 4 nitrogen and oxygen atoms in total. The Kier molecular flexibility index (Phi) is 3.67. The highest BCUT2D eigenvalue weighted by Gasteiger charge is 2.12. The molecule has 1 heterocycles. The van der Waals surface area contributed by atoms with Gasteiger partial charge in [0.1, 0.15) is 5.82 Å². The lowest BCUT2D eigenvalue weighted by Gasteiger charge is -2.11. The summed E-state index contributed by atoms with van der Waals surface area (Å²) in [4.78, 5) is 15.4. The summed E-state index contributed by atoms with van der Waals surface area (Å²) in [5, 5.41) is 0.712. The zero-order valence-electron chi connectivity index (χ0n) is 10.3. The van der Waals surface area contributed by atoms with Gasteiger partial charge < -0.3 is 0 Å². The summed E-state index contributed by atoms with van der Waals surface area (Å²) < 4.78 is 1.69. The summed E-state index contributed by atoms with van der Waals surface area (Å²) >= 11 is 5.95. The molecule has 0 radical (unpaired) electrons. The van der Waals surface area contributed by atoms with E-state index in [0.29, 0.717) is 11.5 Å². The lowest BCUT2D eigenvalue weighted by molar-refractivity contribution is -0.115. The first-order chi connectivity index (χ1) is 8.58. The van der Waals surface area contributed by atoms with Crippen molar-refractivity contribution in [2.75, 3.05) is 5.43 Å². The van der Waals surface area contributed by atoms with E-state index in [1.54, 1.807) is 10.9 Å². The predicted molar refractivity (Wildman–Crippen MR) is 72.7 cm³/mol. The second-order valence-corrected chi connectivity index (χ2v) is 4.47. The van der Waals surface area contributed by atoms with Crippen molar-refractivity contribution in [2.24, 2.45) is 0 Å². The van der Waals surface area contributed by atoms with Crippen LogP contribution in [0.4, 0.5) is 0 Å². The zero-order chi connectivity index (χ0) is 13.1. The number of hydrogen-bond donors (Lipinski definition) is 1. The Hall–Kier alpha value is -1.81. The summed E-state index contributed by atoms with van der Waals surface area (Å²) in [6.07, 6.45) is 10.1. The number of carbonyl (C=O) groups excluding carboxylic acids is 1. The van der Waals surface area contributed by atoms with Crippen molar-refractivity contribution in [1.29, 1.82) is 0 Å². The van der Waals surface area contributed by atoms with Crippen LogP contribution in [0.15, 0.2) is 35.5 Å². The molecule has 94 valence electrons. The van der Waals surface area contributed by atoms with Gasteiger partial charge in [-0.05, 0) is 25.0 Å². The van der Waals surface area contributed by atoms with E-state index in [1.807, 2.05) is 31.2 Å². The van der Waals surface area contributed by atoms with Crippen LogP contribution in [0.5, 0.6) is 0 Å². The summed E-state index contributed by atoms with van der Waals surface area (Å²) in [6, 6.07) is 0. The molecule has 1 aromatic rings. The second-order valence-electron chi connectivity index (χ2n) is 4.04. The van der Waals surface area contributed by atoms with Gasteiger partial charge in [-0.15, -0.1) is 0 Å². The van der Waals surface area contributed by atoms with E-state index in [4.69, 9.17) is 11.6 Å². The van der Waals surface area contributed by atoms with Gasteiger partial charge in [-0.2, -0.15) is 0 Å². The number of amides is 1. The molecule has 0 saturated heterocycles. The van der Waals surface area contributed by atoms with Crippen molar-refractivity contribution in [3.05, 3.63) is 47.1 Å². The fourth-order valence-electron chi connectivity index (χ4n) is 1.76. The first kappa shape index (κ1) is 12.6. The molecule has 0 bridgehead atoms. The van der Waals surface area contributed by atoms with Gasteiger partial charge in [0.05, 0.1) is 11.9 Å². The topological polar surface area (TPSA) is 46.9 Å². The van der Waals surface area contributed by atoms with E-state index < -0.39 is 0 Å². The van der Waals surface area contributed by atoms with E-state index in [0.717, 1.165) is 17.1 Å². The fraction of sp³-hybridized carbons (Fsp3) is 0.231. The molecule has 1 aliphatic rings. The number of hydrogen-bond acceptors (Lipinski definition) is 2. The Morgan fingerprint density at radius 2 is 2.33 bits per heavy atom. The van der Waals surface area contributed by atoms with Crippen LogP contribution in [0.25, 0.3) is 5.57 Å². The van der Waals surface area contributed by atoms with Crippen LogP contribution in [0, 0.1) is 6.92 Å². The number of nitrogens with zero attached hydrogens (tertiary/aromatic N) is 2. The highest BCUT2D eigenvalue weighted by Crippen LogP contribution is 2.23. The lowest BCUT2D eigenvalue weighted by Crippen LogP contribution is -2.22. The quantitative estimate of drug-likeness (QED) is 0.892. The molecule has 1 aliphatic carbocycles. The van der Waals surface area contributed by atoms with Crippen LogP contribution in [0.1, 0.15) is 24.9 Å². The number of aromatic nitrogens is 2. The molecule has 18 heavy (non-hydrogen) atoms. The number of halogens is 1. The van der Waals surface area contributed by atoms with Crippen molar-refractivity contribution in [1.82, 2.24) is 9.66 Å². The first-order valence-electron chi connectivity index (χ1n) is 5.63. The molecule has 1 aromatic heterocycles. The Labute approximate surface area is 111 Å². The Morgan fingerprint density at radius 1 is 1.56 bits per heavy atom. The smallest absolute Gasteiger partial charge is 0.235 e. The third-order valence-corrected chi connectivity index (χ3v) is 2.89. The minimum atomic E-state index is -0.129. The molecule has 0 atom stereocenters. The van der Waals surface area contributed by atoms with Crippen molar-refractivity contribution in [3.8, 4) is 0 Å². The SMILES string of the molecule is CC(=O)Nn1c(C2=CC=CC(Cl)=CC2)cnc1C. The van der Waals surface area contributed by atoms with Crippen LogP contribution < -0.4 is 5.43 Å². The predicted octanol–water partition coefficient (Wildman–Crippen LogP) is 2.75. The van der Waals surface area contributed by atoms with E-state index in [2.05, 4.69) is 10.4 Å². The van der Waals surface area contributed by atoms with Crippen LogP contribution in [0.3, 0.4) is 0 Å². The highest BCUT2D eigenvalue weighted by atomic mass is 35.5. The summed E-state index contributed by atoms with van der Waals surface area (Å²) in [5.74, 6) is 0.611. The van der Waals surface area contributed by atoms with Gasteiger partial charge >= 0.3 is 0 Å². The molecule has 5 heteroatoms. The average molecular weight is 264 g/mol. The Bertz CT molecular complexity index is 564. The highest BCUT2D eigenvalue weighted by molar-refractivity contribution is 6.31. The summed E-state index contributed by atoms with van der Waals surface area (Å²) in [6.45, 7) is 3.32. The van der Waals surface area contributed by atoms with E-state index in [9.17, 15) is 4.79 Å². The third kappa shape index (κ3) is 2.71. The molecule has 1 amide bonds. The Morgan fingerprint density at radius 3 is 3.06 bits per heavy atom. The number of carbonyl (C=O) groups is 1. The second kappa shape index (κ2) is 5.23. The van der Waals surface area contributed by atoms with Gasteiger partial charge in [0.15, 0.2) is 0 Å². The maximum atomic E-state index is 11.2. The molecule has 0 fully saturated rings. The van der Waals surface area contributed by atoms with Gasteiger partial charge in [-0.1, -0.05) is 29.8 Å². The molecule has 0 unspecified atom stereocenters. The number of rotatable bonds is 2. The standard InChI is InChI=1S/C13H14ClN3O/c1-9-15-8-13(17(9)16-10(2)18)11-4-3-5-12(14)7-6-11/h3-5,7-8H,6H2,1-2H3,(H,16,18). The molecule has 0 aliphatic heterocycles. The van der Waals surface area contributed by atoms with Crippen molar-refractivity contribution in [3.63, 3.8) is 0 Å². The van der Waals surface area contributed by atoms with Gasteiger partial charge in [0.2, 0.25) is 5.91 Å². The maximum absolute atomic E-state index is 11.2. The van der Waals surface area contributed by atoms with Gasteiger partial charge in [-0.3, -0.25) is 10.2 Å². The van der Waals surface area contributed by atoms with E-state index in [-0.39, 0.29) is 5.91 Å². The molecule has 2 rings (SSSR count). The number of nitrogens with one attached hydrogen (secondary N) is 1. The Balaban J connectivity index is 2.37. The average Bonchev–Trinajstić information content (AvgIpc) is 2.53. The molecule has 0 aromatic carbocycles. The maximum Gasteiger partial charge on any atom is 0.235 e. The number of aryl methyl sites for hydroxylation is 1. The van der Waals surface area contributed by atoms with Crippen LogP contribution >= 0.6 is 11.6 Å². The molecular formula is C13H14ClN3O. The summed E-state index contributed by atoms with van der Waals surface area (Å²) in [7, 11) is 0. The summed E-state index contributed by atoms with van der Waals surface area (Å²) in [5.41, 5.74) is 4.67. The molecule has 0 saturated carbocycles. The van der Waals surface area contributed by atoms with Crippen LogP contribution in [-0.4, -0.2) is 15.6 Å². The van der Waals surface area contributed by atoms with Crippen molar-refractivity contribution < 1.29 is 4.79 Å². The minimum Gasteiger partial charge on any atom is -0.274 e. The first-order valence-corrected chi connectivity index (χ1v) is 6.01. The van der Waals surface area contributed by atoms with Crippen molar-refractivity contribution in [2.45, 2.75) is 20.3 Å². The van der Waals surface area contributed by atoms with E-state index >= 15 is 0 Å². The van der Waals surface area contributed by atoms with Crippen molar-refractivity contribution >= 4 is 23.1 Å². The molecule has 0 spiro atoms. The molecular weight excluding hydrogens is 250 g/mol. The van der Waals surface area contributed by atoms with Gasteiger partial charge in [0, 0.05) is 12.0 Å². The monoisotopic (exact) mass is 263 g/mol. The zero-order valence-corrected chi connectivity index (χ0v) is 11.0. The van der Waals surface area contributed by atoms with Crippen LogP contribution in [0.2, 0.25) is 0 Å². The fourth-order valence-corrected chi connectivity index (χ4v) is 1.91. The third-order valence-electron chi connectivity index (χ3n) is 2.61. The van der Waals surface area contributed by atoms with Gasteiger partial charge in [-0.25, -0.2) is 9.66 Å². The molecule has 1 N–H and O–H groups in total. The van der Waals surface area contributed by atoms with Gasteiger partial charge in [0.25, 0.3) is 0 Å². The number of allylic oxidation sites excluding steroid dienone is 6.